The Balaban J connectivity index is 1.40. The van der Waals surface area contributed by atoms with Crippen molar-refractivity contribution in [1.29, 1.82) is 0 Å². The number of fused-ring (bicyclic) bond motifs is 2. The molecule has 0 saturated carbocycles. The summed E-state index contributed by atoms with van der Waals surface area (Å²) in [5.74, 6) is -0.175. The number of amides is 3. The minimum absolute atomic E-state index is 0.248. The van der Waals surface area contributed by atoms with Gasteiger partial charge >= 0.3 is 0 Å². The van der Waals surface area contributed by atoms with Gasteiger partial charge in [-0.2, -0.15) is 0 Å². The van der Waals surface area contributed by atoms with Crippen LogP contribution in [-0.2, 0) is 4.79 Å². The van der Waals surface area contributed by atoms with Crippen LogP contribution in [0.5, 0.6) is 0 Å². The van der Waals surface area contributed by atoms with Crippen LogP contribution < -0.4 is 10.6 Å². The highest BCUT2D eigenvalue weighted by atomic mass is 32.1. The zero-order valence-corrected chi connectivity index (χ0v) is 16.7. The molecule has 10 heteroatoms. The summed E-state index contributed by atoms with van der Waals surface area (Å²) in [6, 6.07) is 7.82. The molecule has 1 fully saturated rings. The van der Waals surface area contributed by atoms with Crippen LogP contribution in [-0.4, -0.2) is 50.8 Å². The number of benzene rings is 1. The molecule has 0 spiro atoms. The summed E-state index contributed by atoms with van der Waals surface area (Å²) in [7, 11) is 0. The Morgan fingerprint density at radius 2 is 2.20 bits per heavy atom. The van der Waals surface area contributed by atoms with E-state index in [0.29, 0.717) is 34.0 Å². The molecule has 0 radical (unpaired) electrons. The van der Waals surface area contributed by atoms with Crippen molar-refractivity contribution >= 4 is 34.9 Å². The SMILES string of the molecule is Cc1nnsc1C(=O)NC1CC2C(=O)Nc3ccc(-c4ccco4)cc3C(=O)N2C1. The van der Waals surface area contributed by atoms with E-state index in [0.717, 1.165) is 17.1 Å². The van der Waals surface area contributed by atoms with Gasteiger partial charge in [-0.05, 0) is 55.2 Å². The molecule has 5 rings (SSSR count). The molecule has 0 aliphatic carbocycles. The Bertz CT molecular complexity index is 1160. The molecule has 1 saturated heterocycles. The predicted octanol–water partition coefficient (Wildman–Crippen LogP) is 2.07. The first-order chi connectivity index (χ1) is 14.5. The highest BCUT2D eigenvalue weighted by molar-refractivity contribution is 7.08. The maximum absolute atomic E-state index is 13.3. The molecule has 2 aliphatic heterocycles. The lowest BCUT2D eigenvalue weighted by molar-refractivity contribution is -0.119. The number of carbonyl (C=O) groups is 3. The normalized spacial score (nSPS) is 20.4. The van der Waals surface area contributed by atoms with Gasteiger partial charge in [-0.1, -0.05) is 4.49 Å². The third-order valence-electron chi connectivity index (χ3n) is 5.37. The number of aromatic nitrogens is 2. The topological polar surface area (TPSA) is 117 Å². The minimum Gasteiger partial charge on any atom is -0.464 e. The fourth-order valence-corrected chi connectivity index (χ4v) is 4.46. The van der Waals surface area contributed by atoms with Crippen LogP contribution in [0.4, 0.5) is 5.69 Å². The largest absolute Gasteiger partial charge is 0.464 e. The zero-order chi connectivity index (χ0) is 20.8. The number of aryl methyl sites for hydroxylation is 1. The van der Waals surface area contributed by atoms with Gasteiger partial charge in [-0.15, -0.1) is 5.10 Å². The molecular weight excluding hydrogens is 406 g/mol. The first-order valence-corrected chi connectivity index (χ1v) is 10.2. The van der Waals surface area contributed by atoms with Crippen molar-refractivity contribution in [3.63, 3.8) is 0 Å². The van der Waals surface area contributed by atoms with E-state index in [1.807, 2.05) is 6.07 Å². The van der Waals surface area contributed by atoms with Crippen LogP contribution >= 0.6 is 11.5 Å². The van der Waals surface area contributed by atoms with Crippen molar-refractivity contribution in [1.82, 2.24) is 19.8 Å². The highest BCUT2D eigenvalue weighted by Gasteiger charge is 2.43. The molecule has 1 aromatic carbocycles. The molecule has 4 heterocycles. The molecule has 9 nitrogen and oxygen atoms in total. The lowest BCUT2D eigenvalue weighted by Crippen LogP contribution is -2.41. The van der Waals surface area contributed by atoms with Gasteiger partial charge in [0.2, 0.25) is 5.91 Å². The smallest absolute Gasteiger partial charge is 0.265 e. The lowest BCUT2D eigenvalue weighted by atomic mass is 10.1. The number of nitrogens with one attached hydrogen (secondary N) is 2. The molecule has 2 unspecified atom stereocenters. The first-order valence-electron chi connectivity index (χ1n) is 9.41. The average Bonchev–Trinajstić information content (AvgIpc) is 3.47. The van der Waals surface area contributed by atoms with Gasteiger partial charge in [0.1, 0.15) is 16.7 Å². The van der Waals surface area contributed by atoms with Gasteiger partial charge in [0.25, 0.3) is 11.8 Å². The van der Waals surface area contributed by atoms with Crippen molar-refractivity contribution in [2.45, 2.75) is 25.4 Å². The number of nitrogens with zero attached hydrogens (tertiary/aromatic N) is 3. The van der Waals surface area contributed by atoms with E-state index in [2.05, 4.69) is 20.2 Å². The first kappa shape index (κ1) is 18.5. The van der Waals surface area contributed by atoms with Crippen LogP contribution in [0.25, 0.3) is 11.3 Å². The fraction of sp³-hybridized carbons (Fsp3) is 0.250. The summed E-state index contributed by atoms with van der Waals surface area (Å²) in [4.78, 5) is 40.5. The maximum Gasteiger partial charge on any atom is 0.265 e. The van der Waals surface area contributed by atoms with E-state index >= 15 is 0 Å². The Labute approximate surface area is 175 Å². The maximum atomic E-state index is 13.3. The van der Waals surface area contributed by atoms with Crippen LogP contribution in [0.3, 0.4) is 0 Å². The number of carbonyl (C=O) groups excluding carboxylic acids is 3. The second-order valence-electron chi connectivity index (χ2n) is 7.29. The van der Waals surface area contributed by atoms with E-state index in [1.54, 1.807) is 37.5 Å². The van der Waals surface area contributed by atoms with Gasteiger partial charge in [0, 0.05) is 18.2 Å². The zero-order valence-electron chi connectivity index (χ0n) is 15.9. The Kier molecular flexibility index (Phi) is 4.35. The Hall–Kier alpha value is -3.53. The second kappa shape index (κ2) is 7.06. The third kappa shape index (κ3) is 3.05. The van der Waals surface area contributed by atoms with Crippen molar-refractivity contribution in [3.8, 4) is 11.3 Å². The summed E-state index contributed by atoms with van der Waals surface area (Å²) < 4.78 is 9.20. The van der Waals surface area contributed by atoms with E-state index in [1.165, 1.54) is 4.90 Å². The van der Waals surface area contributed by atoms with Gasteiger partial charge in [0.15, 0.2) is 0 Å². The molecule has 2 N–H and O–H groups in total. The van der Waals surface area contributed by atoms with Gasteiger partial charge in [-0.25, -0.2) is 0 Å². The molecule has 3 amide bonds. The lowest BCUT2D eigenvalue weighted by Gasteiger charge is -2.20. The van der Waals surface area contributed by atoms with E-state index in [4.69, 9.17) is 4.42 Å². The highest BCUT2D eigenvalue weighted by Crippen LogP contribution is 2.32. The molecule has 2 atom stereocenters. The van der Waals surface area contributed by atoms with Crippen LogP contribution in [0, 0.1) is 6.92 Å². The number of hydrogen-bond donors (Lipinski definition) is 2. The van der Waals surface area contributed by atoms with Crippen LogP contribution in [0.1, 0.15) is 32.1 Å². The van der Waals surface area contributed by atoms with Crippen LogP contribution in [0.15, 0.2) is 41.0 Å². The van der Waals surface area contributed by atoms with E-state index in [-0.39, 0.29) is 30.3 Å². The quantitative estimate of drug-likeness (QED) is 0.666. The molecule has 2 aromatic heterocycles. The van der Waals surface area contributed by atoms with Crippen molar-refractivity contribution in [2.24, 2.45) is 0 Å². The average molecular weight is 423 g/mol. The van der Waals surface area contributed by atoms with Gasteiger partial charge in [-0.3, -0.25) is 14.4 Å². The van der Waals surface area contributed by atoms with Crippen molar-refractivity contribution in [3.05, 3.63) is 52.7 Å². The monoisotopic (exact) mass is 423 g/mol. The van der Waals surface area contributed by atoms with Gasteiger partial charge < -0.3 is 20.0 Å². The summed E-state index contributed by atoms with van der Waals surface area (Å²) >= 11 is 1.02. The van der Waals surface area contributed by atoms with E-state index < -0.39 is 6.04 Å². The molecule has 30 heavy (non-hydrogen) atoms. The van der Waals surface area contributed by atoms with Gasteiger partial charge in [0.05, 0.1) is 23.2 Å². The predicted molar refractivity (Wildman–Crippen MR) is 108 cm³/mol. The molecule has 3 aromatic rings. The van der Waals surface area contributed by atoms with Crippen LogP contribution in [0.2, 0.25) is 0 Å². The number of anilines is 1. The second-order valence-corrected chi connectivity index (χ2v) is 8.05. The molecule has 2 aliphatic rings. The molecule has 0 bridgehead atoms. The summed E-state index contributed by atoms with van der Waals surface area (Å²) in [5, 5.41) is 9.59. The summed E-state index contributed by atoms with van der Waals surface area (Å²) in [6.45, 7) is 1.96. The molecular formula is C20H17N5O4S. The Morgan fingerprint density at radius 3 is 2.93 bits per heavy atom. The third-order valence-corrected chi connectivity index (χ3v) is 6.20. The number of hydrogen-bond acceptors (Lipinski definition) is 7. The molecule has 152 valence electrons. The van der Waals surface area contributed by atoms with Crippen molar-refractivity contribution in [2.75, 3.05) is 11.9 Å². The van der Waals surface area contributed by atoms with E-state index in [9.17, 15) is 14.4 Å². The summed E-state index contributed by atoms with van der Waals surface area (Å²) in [6.07, 6.45) is 1.91. The number of rotatable bonds is 3. The Morgan fingerprint density at radius 1 is 1.33 bits per heavy atom. The summed E-state index contributed by atoms with van der Waals surface area (Å²) in [5.41, 5.74) is 2.17. The standard InChI is InChI=1S/C20H17N5O4S/c1-10-17(30-24-23-10)19(27)21-12-8-15-18(26)22-14-5-4-11(16-3-2-6-29-16)7-13(14)20(28)25(15)9-12/h2-7,12,15H,8-9H2,1H3,(H,21,27)(H,22,26). The van der Waals surface area contributed by atoms with Crippen molar-refractivity contribution < 1.29 is 18.8 Å². The minimum atomic E-state index is -0.650. The number of furan rings is 1. The fourth-order valence-electron chi connectivity index (χ4n) is 3.90.